The van der Waals surface area contributed by atoms with Crippen LogP contribution in [0.15, 0.2) is 12.1 Å². The molecule has 0 fully saturated rings. The van der Waals surface area contributed by atoms with E-state index in [0.29, 0.717) is 16.8 Å². The van der Waals surface area contributed by atoms with Crippen molar-refractivity contribution in [2.45, 2.75) is 20.8 Å². The summed E-state index contributed by atoms with van der Waals surface area (Å²) in [4.78, 5) is 7.78. The summed E-state index contributed by atoms with van der Waals surface area (Å²) in [5, 5.41) is 0. The minimum absolute atomic E-state index is 0.00831. The minimum atomic E-state index is -0.785. The van der Waals surface area contributed by atoms with Gasteiger partial charge in [0, 0.05) is 11.3 Å². The van der Waals surface area contributed by atoms with Gasteiger partial charge in [0.1, 0.15) is 0 Å². The van der Waals surface area contributed by atoms with Gasteiger partial charge in [0.2, 0.25) is 17.6 Å². The Bertz CT molecular complexity index is 621. The molecule has 1 heterocycles. The lowest BCUT2D eigenvalue weighted by atomic mass is 10.2. The van der Waals surface area contributed by atoms with E-state index in [0.717, 1.165) is 0 Å². The Kier molecular flexibility index (Phi) is 3.33. The topological polar surface area (TPSA) is 61.0 Å². The summed E-state index contributed by atoms with van der Waals surface area (Å²) < 4.78 is 32.6. The van der Waals surface area contributed by atoms with Gasteiger partial charge in [-0.1, -0.05) is 0 Å². The number of aromatic nitrogens is 2. The zero-order chi connectivity index (χ0) is 14.2. The molecule has 19 heavy (non-hydrogen) atoms. The molecule has 2 N–H and O–H groups in total. The van der Waals surface area contributed by atoms with E-state index >= 15 is 0 Å². The fourth-order valence-corrected chi connectivity index (χ4v) is 1.60. The average molecular weight is 265 g/mol. The average Bonchev–Trinajstić information content (AvgIpc) is 2.29. The van der Waals surface area contributed by atoms with Gasteiger partial charge in [-0.05, 0) is 38.5 Å². The van der Waals surface area contributed by atoms with Crippen LogP contribution >= 0.6 is 0 Å². The van der Waals surface area contributed by atoms with E-state index in [1.165, 1.54) is 12.1 Å². The van der Waals surface area contributed by atoms with E-state index in [-0.39, 0.29) is 11.8 Å². The molecule has 0 aliphatic rings. The van der Waals surface area contributed by atoms with Crippen molar-refractivity contribution in [3.8, 4) is 11.6 Å². The number of hydrogen-bond acceptors (Lipinski definition) is 4. The zero-order valence-corrected chi connectivity index (χ0v) is 10.8. The lowest BCUT2D eigenvalue weighted by Crippen LogP contribution is -2.04. The highest BCUT2D eigenvalue weighted by atomic mass is 19.1. The van der Waals surface area contributed by atoms with Crippen molar-refractivity contribution in [1.82, 2.24) is 9.97 Å². The van der Waals surface area contributed by atoms with E-state index in [2.05, 4.69) is 9.97 Å². The zero-order valence-electron chi connectivity index (χ0n) is 10.8. The monoisotopic (exact) mass is 265 g/mol. The molecule has 0 spiro atoms. The number of nitrogens with zero attached hydrogens (tertiary/aromatic N) is 2. The summed E-state index contributed by atoms with van der Waals surface area (Å²) >= 11 is 0. The van der Waals surface area contributed by atoms with Crippen LogP contribution in [0, 0.1) is 32.4 Å². The number of anilines is 1. The number of rotatable bonds is 2. The van der Waals surface area contributed by atoms with Gasteiger partial charge in [-0.25, -0.2) is 13.8 Å². The van der Waals surface area contributed by atoms with Crippen molar-refractivity contribution in [3.05, 3.63) is 40.6 Å². The standard InChI is InChI=1S/C13H13F2N3O/c1-6-4-9(14)11(10(15)5-6)19-12-7(2)8(3)17-13(16)18-12/h4-5H,1-3H3,(H2,16,17,18). The molecule has 0 aliphatic heterocycles. The van der Waals surface area contributed by atoms with E-state index < -0.39 is 17.4 Å². The Balaban J connectivity index is 2.48. The normalized spacial score (nSPS) is 10.6. The van der Waals surface area contributed by atoms with Crippen LogP contribution in [0.25, 0.3) is 0 Å². The van der Waals surface area contributed by atoms with Crippen LogP contribution in [-0.4, -0.2) is 9.97 Å². The number of ether oxygens (including phenoxy) is 1. The molecule has 100 valence electrons. The summed E-state index contributed by atoms with van der Waals surface area (Å²) in [6, 6.07) is 2.37. The molecule has 0 unspecified atom stereocenters. The number of halogens is 2. The molecule has 1 aromatic heterocycles. The lowest BCUT2D eigenvalue weighted by molar-refractivity contribution is 0.392. The van der Waals surface area contributed by atoms with Crippen LogP contribution in [0.4, 0.5) is 14.7 Å². The summed E-state index contributed by atoms with van der Waals surface area (Å²) in [5.74, 6) is -2.03. The van der Waals surface area contributed by atoms with Crippen molar-refractivity contribution in [2.75, 3.05) is 5.73 Å². The number of nitrogen functional groups attached to an aromatic ring is 1. The molecule has 1 aromatic carbocycles. The van der Waals surface area contributed by atoms with Crippen molar-refractivity contribution >= 4 is 5.95 Å². The second kappa shape index (κ2) is 4.79. The first kappa shape index (κ1) is 13.2. The minimum Gasteiger partial charge on any atom is -0.432 e. The van der Waals surface area contributed by atoms with Gasteiger partial charge in [0.05, 0.1) is 0 Å². The van der Waals surface area contributed by atoms with Crippen LogP contribution in [0.1, 0.15) is 16.8 Å². The highest BCUT2D eigenvalue weighted by Gasteiger charge is 2.16. The predicted octanol–water partition coefficient (Wildman–Crippen LogP) is 3.05. The lowest BCUT2D eigenvalue weighted by Gasteiger charge is -2.11. The van der Waals surface area contributed by atoms with E-state index in [1.54, 1.807) is 20.8 Å². The van der Waals surface area contributed by atoms with Crippen LogP contribution in [0.5, 0.6) is 11.6 Å². The Morgan fingerprint density at radius 2 is 1.63 bits per heavy atom. The largest absolute Gasteiger partial charge is 0.432 e. The van der Waals surface area contributed by atoms with Crippen LogP contribution in [0.3, 0.4) is 0 Å². The molecule has 0 atom stereocenters. The van der Waals surface area contributed by atoms with Crippen molar-refractivity contribution in [2.24, 2.45) is 0 Å². The summed E-state index contributed by atoms with van der Waals surface area (Å²) in [6.45, 7) is 4.99. The predicted molar refractivity (Wildman–Crippen MR) is 67.1 cm³/mol. The summed E-state index contributed by atoms with van der Waals surface area (Å²) in [7, 11) is 0. The second-order valence-electron chi connectivity index (χ2n) is 4.26. The number of nitrogens with two attached hydrogens (primary N) is 1. The first-order chi connectivity index (χ1) is 8.88. The van der Waals surface area contributed by atoms with Gasteiger partial charge >= 0.3 is 0 Å². The molecule has 4 nitrogen and oxygen atoms in total. The third-order valence-electron chi connectivity index (χ3n) is 2.70. The van der Waals surface area contributed by atoms with Crippen molar-refractivity contribution in [1.29, 1.82) is 0 Å². The smallest absolute Gasteiger partial charge is 0.227 e. The molecule has 2 aromatic rings. The van der Waals surface area contributed by atoms with E-state index in [9.17, 15) is 8.78 Å². The van der Waals surface area contributed by atoms with Crippen LogP contribution in [0.2, 0.25) is 0 Å². The SMILES string of the molecule is Cc1cc(F)c(Oc2nc(N)nc(C)c2C)c(F)c1. The molecular formula is C13H13F2N3O. The highest BCUT2D eigenvalue weighted by molar-refractivity contribution is 5.39. The maximum Gasteiger partial charge on any atom is 0.227 e. The number of benzene rings is 1. The van der Waals surface area contributed by atoms with Crippen LogP contribution in [-0.2, 0) is 0 Å². The molecule has 0 aliphatic carbocycles. The Labute approximate surface area is 109 Å². The molecule has 0 saturated carbocycles. The maximum atomic E-state index is 13.7. The Hall–Kier alpha value is -2.24. The van der Waals surface area contributed by atoms with E-state index in [1.807, 2.05) is 0 Å². The molecule has 0 bridgehead atoms. The fourth-order valence-electron chi connectivity index (χ4n) is 1.60. The maximum absolute atomic E-state index is 13.7. The second-order valence-corrected chi connectivity index (χ2v) is 4.26. The third-order valence-corrected chi connectivity index (χ3v) is 2.70. The van der Waals surface area contributed by atoms with E-state index in [4.69, 9.17) is 10.5 Å². The van der Waals surface area contributed by atoms with Crippen molar-refractivity contribution in [3.63, 3.8) is 0 Å². The number of aryl methyl sites for hydroxylation is 2. The third kappa shape index (κ3) is 2.62. The molecule has 2 rings (SSSR count). The fraction of sp³-hybridized carbons (Fsp3) is 0.231. The van der Waals surface area contributed by atoms with Gasteiger partial charge < -0.3 is 10.5 Å². The van der Waals surface area contributed by atoms with Gasteiger partial charge in [0.25, 0.3) is 0 Å². The highest BCUT2D eigenvalue weighted by Crippen LogP contribution is 2.30. The quantitative estimate of drug-likeness (QED) is 0.906. The van der Waals surface area contributed by atoms with Gasteiger partial charge in [0.15, 0.2) is 11.6 Å². The molecule has 0 radical (unpaired) electrons. The van der Waals surface area contributed by atoms with Gasteiger partial charge in [-0.15, -0.1) is 0 Å². The van der Waals surface area contributed by atoms with Crippen molar-refractivity contribution < 1.29 is 13.5 Å². The molecule has 6 heteroatoms. The molecule has 0 amide bonds. The Morgan fingerprint density at radius 3 is 2.21 bits per heavy atom. The number of hydrogen-bond donors (Lipinski definition) is 1. The van der Waals surface area contributed by atoms with Crippen LogP contribution < -0.4 is 10.5 Å². The molecule has 0 saturated heterocycles. The first-order valence-corrected chi connectivity index (χ1v) is 5.62. The first-order valence-electron chi connectivity index (χ1n) is 5.62. The van der Waals surface area contributed by atoms with Gasteiger partial charge in [-0.3, -0.25) is 0 Å². The summed E-state index contributed by atoms with van der Waals surface area (Å²) in [6.07, 6.45) is 0. The molecular weight excluding hydrogens is 252 g/mol. The Morgan fingerprint density at radius 1 is 1.05 bits per heavy atom. The van der Waals surface area contributed by atoms with Gasteiger partial charge in [-0.2, -0.15) is 4.98 Å². The summed E-state index contributed by atoms with van der Waals surface area (Å²) in [5.41, 5.74) is 7.13.